The Bertz CT molecular complexity index is 652. The molecule has 22 heavy (non-hydrogen) atoms. The molecule has 0 atom stereocenters. The Morgan fingerprint density at radius 1 is 1.23 bits per heavy atom. The Morgan fingerprint density at radius 2 is 2.00 bits per heavy atom. The summed E-state index contributed by atoms with van der Waals surface area (Å²) >= 11 is 3.34. The van der Waals surface area contributed by atoms with Crippen molar-refractivity contribution in [3.05, 3.63) is 64.4 Å². The van der Waals surface area contributed by atoms with Gasteiger partial charge < -0.3 is 15.3 Å². The largest absolute Gasteiger partial charge is 0.395 e. The molecular formula is C16H16BrFN2O2. The lowest BCUT2D eigenvalue weighted by Gasteiger charge is -2.22. The number of anilines is 1. The average Bonchev–Trinajstić information content (AvgIpc) is 2.47. The number of carbonyl (C=O) groups is 1. The Labute approximate surface area is 136 Å². The molecule has 2 rings (SSSR count). The quantitative estimate of drug-likeness (QED) is 0.848. The Kier molecular flexibility index (Phi) is 5.91. The van der Waals surface area contributed by atoms with E-state index in [1.165, 1.54) is 17.0 Å². The minimum atomic E-state index is -0.353. The molecule has 0 saturated heterocycles. The summed E-state index contributed by atoms with van der Waals surface area (Å²) in [5, 5.41) is 11.9. The summed E-state index contributed by atoms with van der Waals surface area (Å²) < 4.78 is 14.1. The minimum absolute atomic E-state index is 0.163. The third-order valence-corrected chi connectivity index (χ3v) is 3.49. The van der Waals surface area contributed by atoms with Crippen LogP contribution in [0.25, 0.3) is 0 Å². The molecule has 0 aliphatic heterocycles. The maximum atomic E-state index is 13.2. The van der Waals surface area contributed by atoms with E-state index < -0.39 is 0 Å². The maximum absolute atomic E-state index is 13.2. The van der Waals surface area contributed by atoms with Crippen LogP contribution in [-0.2, 0) is 6.54 Å². The topological polar surface area (TPSA) is 52.6 Å². The SMILES string of the molecule is O=C(Nc1cccc(Br)c1)N(CCO)Cc1cccc(F)c1. The molecule has 0 heterocycles. The van der Waals surface area contributed by atoms with Crippen molar-refractivity contribution in [2.24, 2.45) is 0 Å². The molecule has 0 saturated carbocycles. The summed E-state index contributed by atoms with van der Waals surface area (Å²) in [7, 11) is 0. The molecule has 6 heteroatoms. The van der Waals surface area contributed by atoms with Crippen LogP contribution in [0.1, 0.15) is 5.56 Å². The molecule has 0 aliphatic rings. The van der Waals surface area contributed by atoms with E-state index in [2.05, 4.69) is 21.2 Å². The first kappa shape index (κ1) is 16.5. The van der Waals surface area contributed by atoms with E-state index in [9.17, 15) is 9.18 Å². The van der Waals surface area contributed by atoms with Crippen molar-refractivity contribution in [2.75, 3.05) is 18.5 Å². The molecule has 0 bridgehead atoms. The number of benzene rings is 2. The van der Waals surface area contributed by atoms with Gasteiger partial charge >= 0.3 is 6.03 Å². The predicted octanol–water partition coefficient (Wildman–Crippen LogP) is 3.61. The van der Waals surface area contributed by atoms with Crippen LogP contribution >= 0.6 is 15.9 Å². The van der Waals surface area contributed by atoms with Crippen molar-refractivity contribution < 1.29 is 14.3 Å². The molecular weight excluding hydrogens is 351 g/mol. The Balaban J connectivity index is 2.08. The number of aliphatic hydroxyl groups is 1. The zero-order valence-electron chi connectivity index (χ0n) is 11.8. The number of halogens is 2. The van der Waals surface area contributed by atoms with E-state index in [0.29, 0.717) is 11.3 Å². The van der Waals surface area contributed by atoms with Gasteiger partial charge in [0.05, 0.1) is 6.61 Å². The zero-order chi connectivity index (χ0) is 15.9. The highest BCUT2D eigenvalue weighted by Crippen LogP contribution is 2.16. The number of nitrogens with one attached hydrogen (secondary N) is 1. The number of amides is 2. The molecule has 2 amide bonds. The van der Waals surface area contributed by atoms with Crippen molar-refractivity contribution >= 4 is 27.6 Å². The van der Waals surface area contributed by atoms with E-state index in [1.54, 1.807) is 24.3 Å². The lowest BCUT2D eigenvalue weighted by molar-refractivity contribution is 0.185. The first-order valence-corrected chi connectivity index (χ1v) is 7.54. The predicted molar refractivity (Wildman–Crippen MR) is 87.1 cm³/mol. The summed E-state index contributed by atoms with van der Waals surface area (Å²) in [4.78, 5) is 13.7. The fourth-order valence-electron chi connectivity index (χ4n) is 2.00. The Hall–Kier alpha value is -1.92. The molecule has 4 nitrogen and oxygen atoms in total. The van der Waals surface area contributed by atoms with E-state index in [-0.39, 0.29) is 31.5 Å². The number of hydrogen-bond acceptors (Lipinski definition) is 2. The van der Waals surface area contributed by atoms with Crippen molar-refractivity contribution in [1.29, 1.82) is 0 Å². The summed E-state index contributed by atoms with van der Waals surface area (Å²) in [5.74, 6) is -0.353. The standard InChI is InChI=1S/C16H16BrFN2O2/c17-13-4-2-6-15(10-13)19-16(22)20(7-8-21)11-12-3-1-5-14(18)9-12/h1-6,9-10,21H,7-8,11H2,(H,19,22). The van der Waals surface area contributed by atoms with Crippen LogP contribution in [0.3, 0.4) is 0 Å². The van der Waals surface area contributed by atoms with Gasteiger partial charge in [-0.2, -0.15) is 0 Å². The molecule has 0 unspecified atom stereocenters. The van der Waals surface area contributed by atoms with Crippen LogP contribution in [0, 0.1) is 5.82 Å². The molecule has 0 fully saturated rings. The molecule has 0 aromatic heterocycles. The molecule has 2 aromatic rings. The van der Waals surface area contributed by atoms with Crippen LogP contribution < -0.4 is 5.32 Å². The first-order valence-electron chi connectivity index (χ1n) is 6.75. The van der Waals surface area contributed by atoms with Crippen LogP contribution in [0.4, 0.5) is 14.9 Å². The number of carbonyl (C=O) groups excluding carboxylic acids is 1. The number of aliphatic hydroxyl groups excluding tert-OH is 1. The summed E-state index contributed by atoms with van der Waals surface area (Å²) in [5.41, 5.74) is 1.30. The zero-order valence-corrected chi connectivity index (χ0v) is 13.4. The molecule has 116 valence electrons. The van der Waals surface area contributed by atoms with Crippen LogP contribution in [0.15, 0.2) is 53.0 Å². The second-order valence-electron chi connectivity index (χ2n) is 4.72. The van der Waals surface area contributed by atoms with Gasteiger partial charge in [-0.3, -0.25) is 0 Å². The van der Waals surface area contributed by atoms with Gasteiger partial charge in [-0.05, 0) is 35.9 Å². The summed E-state index contributed by atoms with van der Waals surface area (Å²) in [6, 6.07) is 12.9. The highest BCUT2D eigenvalue weighted by Gasteiger charge is 2.14. The van der Waals surface area contributed by atoms with Gasteiger partial charge in [0.15, 0.2) is 0 Å². The molecule has 2 aromatic carbocycles. The van der Waals surface area contributed by atoms with E-state index in [4.69, 9.17) is 5.11 Å². The highest BCUT2D eigenvalue weighted by atomic mass is 79.9. The fourth-order valence-corrected chi connectivity index (χ4v) is 2.40. The van der Waals surface area contributed by atoms with Gasteiger partial charge in [-0.25, -0.2) is 9.18 Å². The second kappa shape index (κ2) is 7.91. The minimum Gasteiger partial charge on any atom is -0.395 e. The smallest absolute Gasteiger partial charge is 0.322 e. The molecule has 2 N–H and O–H groups in total. The average molecular weight is 367 g/mol. The fraction of sp³-hybridized carbons (Fsp3) is 0.188. The lowest BCUT2D eigenvalue weighted by Crippen LogP contribution is -2.36. The van der Waals surface area contributed by atoms with Crippen molar-refractivity contribution in [1.82, 2.24) is 4.90 Å². The number of nitrogens with zero attached hydrogens (tertiary/aromatic N) is 1. The first-order chi connectivity index (χ1) is 10.6. The van der Waals surface area contributed by atoms with Gasteiger partial charge in [-0.1, -0.05) is 34.1 Å². The molecule has 0 radical (unpaired) electrons. The van der Waals surface area contributed by atoms with Crippen LogP contribution in [0.2, 0.25) is 0 Å². The number of hydrogen-bond donors (Lipinski definition) is 2. The third kappa shape index (κ3) is 4.82. The third-order valence-electron chi connectivity index (χ3n) is 3.00. The lowest BCUT2D eigenvalue weighted by atomic mass is 10.2. The number of urea groups is 1. The molecule has 0 aliphatic carbocycles. The second-order valence-corrected chi connectivity index (χ2v) is 5.63. The number of rotatable bonds is 5. The van der Waals surface area contributed by atoms with E-state index in [0.717, 1.165) is 4.47 Å². The van der Waals surface area contributed by atoms with Gasteiger partial charge in [0, 0.05) is 23.2 Å². The van der Waals surface area contributed by atoms with E-state index in [1.807, 2.05) is 12.1 Å². The summed E-state index contributed by atoms with van der Waals surface area (Å²) in [6.07, 6.45) is 0. The van der Waals surface area contributed by atoms with Gasteiger partial charge in [0.25, 0.3) is 0 Å². The van der Waals surface area contributed by atoms with Gasteiger partial charge in [0.2, 0.25) is 0 Å². The monoisotopic (exact) mass is 366 g/mol. The normalized spacial score (nSPS) is 10.3. The maximum Gasteiger partial charge on any atom is 0.322 e. The highest BCUT2D eigenvalue weighted by molar-refractivity contribution is 9.10. The van der Waals surface area contributed by atoms with E-state index >= 15 is 0 Å². The Morgan fingerprint density at radius 3 is 2.68 bits per heavy atom. The van der Waals surface area contributed by atoms with Crippen LogP contribution in [0.5, 0.6) is 0 Å². The van der Waals surface area contributed by atoms with Gasteiger partial charge in [0.1, 0.15) is 5.82 Å². The summed E-state index contributed by atoms with van der Waals surface area (Å²) in [6.45, 7) is 0.218. The van der Waals surface area contributed by atoms with Crippen molar-refractivity contribution in [3.8, 4) is 0 Å². The molecule has 0 spiro atoms. The van der Waals surface area contributed by atoms with Gasteiger partial charge in [-0.15, -0.1) is 0 Å². The van der Waals surface area contributed by atoms with Crippen molar-refractivity contribution in [3.63, 3.8) is 0 Å². The van der Waals surface area contributed by atoms with Crippen LogP contribution in [-0.4, -0.2) is 29.2 Å². The van der Waals surface area contributed by atoms with Crippen molar-refractivity contribution in [2.45, 2.75) is 6.54 Å².